The lowest BCUT2D eigenvalue weighted by atomic mass is 10.1. The smallest absolute Gasteiger partial charge is 0.292 e. The maximum absolute atomic E-state index is 10.9. The van der Waals surface area contributed by atoms with Crippen molar-refractivity contribution < 1.29 is 4.92 Å². The van der Waals surface area contributed by atoms with Crippen LogP contribution in [-0.2, 0) is 0 Å². The van der Waals surface area contributed by atoms with Gasteiger partial charge in [0.1, 0.15) is 5.69 Å². The third-order valence-electron chi connectivity index (χ3n) is 2.44. The summed E-state index contributed by atoms with van der Waals surface area (Å²) in [6.45, 7) is 4.82. The maximum Gasteiger partial charge on any atom is 0.292 e. The van der Waals surface area contributed by atoms with E-state index in [2.05, 4.69) is 18.5 Å². The Bertz CT molecular complexity index is 396. The Morgan fingerprint density at radius 3 is 2.82 bits per heavy atom. The summed E-state index contributed by atoms with van der Waals surface area (Å²) in [4.78, 5) is 10.5. The Labute approximate surface area is 106 Å². The molecule has 0 aliphatic rings. The Balaban J connectivity index is 2.75. The number of nitro benzene ring substituents is 1. The van der Waals surface area contributed by atoms with Gasteiger partial charge in [-0.2, -0.15) is 11.8 Å². The quantitative estimate of drug-likeness (QED) is 0.625. The highest BCUT2D eigenvalue weighted by Gasteiger charge is 2.13. The second kappa shape index (κ2) is 6.49. The second-order valence-corrected chi connectivity index (χ2v) is 5.13. The zero-order valence-electron chi connectivity index (χ0n) is 10.4. The standard InChI is InChI=1S/C12H18N2O2S/c1-9-4-5-12(14(15)16)11(6-9)13-7-10(2)8-17-3/h4-6,10,13H,7-8H2,1-3H3. The third-order valence-corrected chi connectivity index (χ3v) is 3.34. The summed E-state index contributed by atoms with van der Waals surface area (Å²) >= 11 is 1.78. The molecule has 0 saturated heterocycles. The molecule has 1 N–H and O–H groups in total. The number of nitrogens with zero attached hydrogens (tertiary/aromatic N) is 1. The van der Waals surface area contributed by atoms with E-state index >= 15 is 0 Å². The van der Waals surface area contributed by atoms with Crippen molar-refractivity contribution in [3.63, 3.8) is 0 Å². The van der Waals surface area contributed by atoms with Crippen molar-refractivity contribution >= 4 is 23.1 Å². The number of thioether (sulfide) groups is 1. The van der Waals surface area contributed by atoms with Gasteiger partial charge in [0.2, 0.25) is 0 Å². The largest absolute Gasteiger partial charge is 0.379 e. The Kier molecular flexibility index (Phi) is 5.28. The van der Waals surface area contributed by atoms with Gasteiger partial charge in [-0.3, -0.25) is 10.1 Å². The second-order valence-electron chi connectivity index (χ2n) is 4.22. The van der Waals surface area contributed by atoms with E-state index in [0.717, 1.165) is 17.9 Å². The van der Waals surface area contributed by atoms with Gasteiger partial charge in [0.15, 0.2) is 0 Å². The van der Waals surface area contributed by atoms with Gasteiger partial charge in [-0.25, -0.2) is 0 Å². The Morgan fingerprint density at radius 1 is 1.53 bits per heavy atom. The Hall–Kier alpha value is -1.23. The topological polar surface area (TPSA) is 55.2 Å². The first-order chi connectivity index (χ1) is 8.04. The van der Waals surface area contributed by atoms with Crippen molar-refractivity contribution in [2.24, 2.45) is 5.92 Å². The summed E-state index contributed by atoms with van der Waals surface area (Å²) in [6, 6.07) is 5.13. The van der Waals surface area contributed by atoms with E-state index in [-0.39, 0.29) is 10.6 Å². The van der Waals surface area contributed by atoms with Crippen LogP contribution in [0.4, 0.5) is 11.4 Å². The molecule has 0 heterocycles. The lowest BCUT2D eigenvalue weighted by Crippen LogP contribution is -2.14. The number of nitrogens with one attached hydrogen (secondary N) is 1. The fourth-order valence-corrected chi connectivity index (χ4v) is 2.27. The minimum Gasteiger partial charge on any atom is -0.379 e. The monoisotopic (exact) mass is 254 g/mol. The van der Waals surface area contributed by atoms with Gasteiger partial charge < -0.3 is 5.32 Å². The van der Waals surface area contributed by atoms with Crippen LogP contribution in [-0.4, -0.2) is 23.5 Å². The molecule has 4 nitrogen and oxygen atoms in total. The van der Waals surface area contributed by atoms with Crippen LogP contribution in [0.3, 0.4) is 0 Å². The number of hydrogen-bond acceptors (Lipinski definition) is 4. The molecule has 1 rings (SSSR count). The van der Waals surface area contributed by atoms with E-state index in [1.807, 2.05) is 13.0 Å². The normalized spacial score (nSPS) is 12.2. The molecule has 1 atom stereocenters. The van der Waals surface area contributed by atoms with Crippen molar-refractivity contribution in [1.29, 1.82) is 0 Å². The summed E-state index contributed by atoms with van der Waals surface area (Å²) < 4.78 is 0. The van der Waals surface area contributed by atoms with Crippen LogP contribution in [0.25, 0.3) is 0 Å². The molecule has 0 amide bonds. The fraction of sp³-hybridized carbons (Fsp3) is 0.500. The molecule has 0 fully saturated rings. The van der Waals surface area contributed by atoms with E-state index in [4.69, 9.17) is 0 Å². The third kappa shape index (κ3) is 4.26. The van der Waals surface area contributed by atoms with Crippen molar-refractivity contribution in [3.8, 4) is 0 Å². The van der Waals surface area contributed by atoms with Gasteiger partial charge in [-0.05, 0) is 36.5 Å². The molecular formula is C12H18N2O2S. The van der Waals surface area contributed by atoms with Gasteiger partial charge in [-0.15, -0.1) is 0 Å². The van der Waals surface area contributed by atoms with Crippen molar-refractivity contribution in [2.45, 2.75) is 13.8 Å². The van der Waals surface area contributed by atoms with Gasteiger partial charge >= 0.3 is 0 Å². The summed E-state index contributed by atoms with van der Waals surface area (Å²) in [6.07, 6.45) is 2.06. The number of benzene rings is 1. The van der Waals surface area contributed by atoms with E-state index in [1.165, 1.54) is 0 Å². The zero-order chi connectivity index (χ0) is 12.8. The average Bonchev–Trinajstić information content (AvgIpc) is 2.26. The molecule has 0 aliphatic carbocycles. The highest BCUT2D eigenvalue weighted by atomic mass is 32.2. The molecule has 94 valence electrons. The summed E-state index contributed by atoms with van der Waals surface area (Å²) in [5, 5.41) is 14.0. The predicted molar refractivity (Wildman–Crippen MR) is 73.9 cm³/mol. The van der Waals surface area contributed by atoms with Crippen LogP contribution >= 0.6 is 11.8 Å². The van der Waals surface area contributed by atoms with Crippen LogP contribution in [0, 0.1) is 23.0 Å². The number of aryl methyl sites for hydroxylation is 1. The summed E-state index contributed by atoms with van der Waals surface area (Å²) in [5.74, 6) is 1.54. The zero-order valence-corrected chi connectivity index (χ0v) is 11.2. The van der Waals surface area contributed by atoms with Gasteiger partial charge in [-0.1, -0.05) is 13.0 Å². The molecule has 17 heavy (non-hydrogen) atoms. The summed E-state index contributed by atoms with van der Waals surface area (Å²) in [5.41, 5.74) is 1.78. The molecule has 0 bridgehead atoms. The first-order valence-corrected chi connectivity index (χ1v) is 6.91. The number of rotatable bonds is 6. The van der Waals surface area contributed by atoms with Crippen molar-refractivity contribution in [2.75, 3.05) is 23.9 Å². The molecule has 1 aromatic rings. The van der Waals surface area contributed by atoms with Crippen molar-refractivity contribution in [3.05, 3.63) is 33.9 Å². The fourth-order valence-electron chi connectivity index (χ4n) is 1.58. The molecule has 1 aromatic carbocycles. The maximum atomic E-state index is 10.9. The molecule has 0 aliphatic heterocycles. The molecular weight excluding hydrogens is 236 g/mol. The minimum absolute atomic E-state index is 0.145. The van der Waals surface area contributed by atoms with Crippen molar-refractivity contribution in [1.82, 2.24) is 0 Å². The van der Waals surface area contributed by atoms with Crippen LogP contribution < -0.4 is 5.32 Å². The molecule has 0 spiro atoms. The van der Waals surface area contributed by atoms with Gasteiger partial charge in [0.25, 0.3) is 5.69 Å². The van der Waals surface area contributed by atoms with E-state index in [9.17, 15) is 10.1 Å². The van der Waals surface area contributed by atoms with Gasteiger partial charge in [0, 0.05) is 12.6 Å². The number of anilines is 1. The van der Waals surface area contributed by atoms with Crippen LogP contribution in [0.2, 0.25) is 0 Å². The van der Waals surface area contributed by atoms with Crippen LogP contribution in [0.1, 0.15) is 12.5 Å². The average molecular weight is 254 g/mol. The van der Waals surface area contributed by atoms with Crippen LogP contribution in [0.15, 0.2) is 18.2 Å². The molecule has 0 radical (unpaired) electrons. The molecule has 1 unspecified atom stereocenters. The number of hydrogen-bond donors (Lipinski definition) is 1. The Morgan fingerprint density at radius 2 is 2.24 bits per heavy atom. The predicted octanol–water partition coefficient (Wildman–Crippen LogP) is 3.31. The molecule has 5 heteroatoms. The highest BCUT2D eigenvalue weighted by molar-refractivity contribution is 7.98. The van der Waals surface area contributed by atoms with Crippen LogP contribution in [0.5, 0.6) is 0 Å². The van der Waals surface area contributed by atoms with E-state index in [1.54, 1.807) is 23.9 Å². The molecule has 0 aromatic heterocycles. The van der Waals surface area contributed by atoms with E-state index < -0.39 is 0 Å². The lowest BCUT2D eigenvalue weighted by molar-refractivity contribution is -0.384. The van der Waals surface area contributed by atoms with E-state index in [0.29, 0.717) is 11.6 Å². The summed E-state index contributed by atoms with van der Waals surface area (Å²) in [7, 11) is 0. The first kappa shape index (κ1) is 13.8. The SMILES string of the molecule is CSCC(C)CNc1cc(C)ccc1[N+](=O)[O-]. The molecule has 0 saturated carbocycles. The van der Waals surface area contributed by atoms with Gasteiger partial charge in [0.05, 0.1) is 4.92 Å². The lowest BCUT2D eigenvalue weighted by Gasteiger charge is -2.12. The number of nitro groups is 1. The highest BCUT2D eigenvalue weighted by Crippen LogP contribution is 2.25. The first-order valence-electron chi connectivity index (χ1n) is 5.52. The minimum atomic E-state index is -0.346.